The molecule has 11 heavy (non-hydrogen) atoms. The summed E-state index contributed by atoms with van der Waals surface area (Å²) >= 11 is 0. The lowest BCUT2D eigenvalue weighted by Crippen LogP contribution is -2.32. The van der Waals surface area contributed by atoms with Gasteiger partial charge < -0.3 is 5.11 Å². The van der Waals surface area contributed by atoms with Crippen molar-refractivity contribution in [1.29, 1.82) is 0 Å². The summed E-state index contributed by atoms with van der Waals surface area (Å²) in [7, 11) is 2.08. The maximum atomic E-state index is 8.81. The molecule has 2 atom stereocenters. The normalized spacial score (nSPS) is 31.4. The van der Waals surface area contributed by atoms with Crippen LogP contribution in [0.4, 0.5) is 0 Å². The minimum absolute atomic E-state index is 0.320. The molecule has 2 nitrogen and oxygen atoms in total. The predicted octanol–water partition coefficient (Wildman–Crippen LogP) is 1.49. The summed E-state index contributed by atoms with van der Waals surface area (Å²) in [6.45, 7) is 6.52. The van der Waals surface area contributed by atoms with Crippen LogP contribution in [-0.4, -0.2) is 35.7 Å². The third-order valence-electron chi connectivity index (χ3n) is 2.40. The van der Waals surface area contributed by atoms with Gasteiger partial charge in [0, 0.05) is 12.1 Å². The fourth-order valence-electron chi connectivity index (χ4n) is 1.42. The Kier molecular flexibility index (Phi) is 5.51. The molecular weight excluding hydrogens is 138 g/mol. The van der Waals surface area contributed by atoms with Crippen molar-refractivity contribution in [2.24, 2.45) is 0 Å². The number of likely N-dealkylation sites (N-methyl/N-ethyl adjacent to an activating group) is 1. The van der Waals surface area contributed by atoms with Gasteiger partial charge in [-0.25, -0.2) is 0 Å². The van der Waals surface area contributed by atoms with Crippen molar-refractivity contribution in [3.8, 4) is 0 Å². The van der Waals surface area contributed by atoms with E-state index in [1.54, 1.807) is 0 Å². The smallest absolute Gasteiger partial charge is 0.0586 e. The van der Waals surface area contributed by atoms with Gasteiger partial charge in [-0.15, -0.1) is 0 Å². The quantitative estimate of drug-likeness (QED) is 0.626. The second-order valence-electron chi connectivity index (χ2n) is 2.93. The largest absolute Gasteiger partial charge is 0.395 e. The minimum Gasteiger partial charge on any atom is -0.395 e. The summed E-state index contributed by atoms with van der Waals surface area (Å²) in [5.41, 5.74) is 0. The first-order valence-electron chi connectivity index (χ1n) is 4.58. The van der Waals surface area contributed by atoms with E-state index in [0.29, 0.717) is 18.7 Å². The molecule has 0 spiro atoms. The van der Waals surface area contributed by atoms with Crippen LogP contribution in [0.5, 0.6) is 0 Å². The van der Waals surface area contributed by atoms with Crippen molar-refractivity contribution in [2.45, 2.75) is 45.7 Å². The molecule has 1 aliphatic heterocycles. The fraction of sp³-hybridized carbons (Fsp3) is 1.00. The van der Waals surface area contributed by atoms with Crippen LogP contribution in [0.15, 0.2) is 0 Å². The summed E-state index contributed by atoms with van der Waals surface area (Å²) in [6, 6.07) is 1.10. The molecule has 0 aromatic carbocycles. The van der Waals surface area contributed by atoms with Crippen molar-refractivity contribution < 1.29 is 5.11 Å². The summed E-state index contributed by atoms with van der Waals surface area (Å²) in [5.74, 6) is 0. The van der Waals surface area contributed by atoms with Crippen molar-refractivity contribution >= 4 is 0 Å². The van der Waals surface area contributed by atoms with Crippen LogP contribution in [0.25, 0.3) is 0 Å². The highest BCUT2D eigenvalue weighted by atomic mass is 16.3. The van der Waals surface area contributed by atoms with Crippen LogP contribution in [0.3, 0.4) is 0 Å². The zero-order valence-electron chi connectivity index (χ0n) is 8.17. The van der Waals surface area contributed by atoms with E-state index in [1.807, 2.05) is 13.8 Å². The SMILES string of the molecule is CC.CC1CCC(CO)N1C. The van der Waals surface area contributed by atoms with Crippen molar-refractivity contribution in [1.82, 2.24) is 4.90 Å². The Labute approximate surface area is 70.2 Å². The van der Waals surface area contributed by atoms with E-state index < -0.39 is 0 Å². The average molecular weight is 159 g/mol. The minimum atomic E-state index is 0.320. The van der Waals surface area contributed by atoms with Crippen LogP contribution in [0, 0.1) is 0 Å². The van der Waals surface area contributed by atoms with E-state index in [1.165, 1.54) is 6.42 Å². The third-order valence-corrected chi connectivity index (χ3v) is 2.40. The van der Waals surface area contributed by atoms with Gasteiger partial charge in [-0.05, 0) is 26.8 Å². The van der Waals surface area contributed by atoms with Gasteiger partial charge in [-0.2, -0.15) is 0 Å². The maximum absolute atomic E-state index is 8.81. The number of nitrogens with zero attached hydrogens (tertiary/aromatic N) is 1. The Morgan fingerprint density at radius 3 is 2.09 bits per heavy atom. The number of aliphatic hydroxyl groups is 1. The molecule has 0 saturated carbocycles. The van der Waals surface area contributed by atoms with Gasteiger partial charge in [0.1, 0.15) is 0 Å². The van der Waals surface area contributed by atoms with Crippen LogP contribution in [-0.2, 0) is 0 Å². The Morgan fingerprint density at radius 1 is 1.36 bits per heavy atom. The molecule has 2 unspecified atom stereocenters. The Balaban J connectivity index is 0.000000461. The molecule has 1 rings (SSSR count). The molecule has 1 aliphatic rings. The molecule has 0 aromatic heterocycles. The molecule has 0 amide bonds. The Hall–Kier alpha value is -0.0800. The molecule has 1 fully saturated rings. The van der Waals surface area contributed by atoms with Gasteiger partial charge in [0.05, 0.1) is 6.61 Å². The lowest BCUT2D eigenvalue weighted by atomic mass is 10.2. The highest BCUT2D eigenvalue weighted by Crippen LogP contribution is 2.20. The maximum Gasteiger partial charge on any atom is 0.0586 e. The highest BCUT2D eigenvalue weighted by molar-refractivity contribution is 4.81. The van der Waals surface area contributed by atoms with E-state index in [9.17, 15) is 0 Å². The average Bonchev–Trinajstić information content (AvgIpc) is 2.37. The summed E-state index contributed by atoms with van der Waals surface area (Å²) in [6.07, 6.45) is 2.40. The topological polar surface area (TPSA) is 23.5 Å². The van der Waals surface area contributed by atoms with Crippen molar-refractivity contribution in [3.63, 3.8) is 0 Å². The Bertz CT molecular complexity index is 95.6. The second kappa shape index (κ2) is 5.56. The van der Waals surface area contributed by atoms with Crippen LogP contribution >= 0.6 is 0 Å². The molecular formula is C9H21NO. The van der Waals surface area contributed by atoms with E-state index in [2.05, 4.69) is 18.9 Å². The highest BCUT2D eigenvalue weighted by Gasteiger charge is 2.25. The first-order chi connectivity index (χ1) is 5.25. The standard InChI is InChI=1S/C7H15NO.C2H6/c1-6-3-4-7(5-9)8(6)2;1-2/h6-7,9H,3-5H2,1-2H3;1-2H3. The zero-order chi connectivity index (χ0) is 8.85. The molecule has 0 bridgehead atoms. The van der Waals surface area contributed by atoms with Gasteiger partial charge in [0.15, 0.2) is 0 Å². The number of hydrogen-bond donors (Lipinski definition) is 1. The summed E-state index contributed by atoms with van der Waals surface area (Å²) < 4.78 is 0. The van der Waals surface area contributed by atoms with Gasteiger partial charge in [-0.3, -0.25) is 4.90 Å². The molecule has 1 heterocycles. The van der Waals surface area contributed by atoms with Crippen molar-refractivity contribution in [2.75, 3.05) is 13.7 Å². The van der Waals surface area contributed by atoms with Crippen LogP contribution < -0.4 is 0 Å². The van der Waals surface area contributed by atoms with Gasteiger partial charge in [-0.1, -0.05) is 13.8 Å². The zero-order valence-corrected chi connectivity index (χ0v) is 8.17. The van der Waals surface area contributed by atoms with Gasteiger partial charge in [0.25, 0.3) is 0 Å². The lowest BCUT2D eigenvalue weighted by Gasteiger charge is -2.20. The number of likely N-dealkylation sites (tertiary alicyclic amines) is 1. The van der Waals surface area contributed by atoms with Crippen molar-refractivity contribution in [3.05, 3.63) is 0 Å². The first-order valence-corrected chi connectivity index (χ1v) is 4.58. The summed E-state index contributed by atoms with van der Waals surface area (Å²) in [4.78, 5) is 2.25. The lowest BCUT2D eigenvalue weighted by molar-refractivity contribution is 0.161. The number of hydrogen-bond acceptors (Lipinski definition) is 2. The van der Waals surface area contributed by atoms with Gasteiger partial charge in [0.2, 0.25) is 0 Å². The first kappa shape index (κ1) is 10.9. The molecule has 1 N–H and O–H groups in total. The molecule has 1 saturated heterocycles. The molecule has 68 valence electrons. The van der Waals surface area contributed by atoms with E-state index in [4.69, 9.17) is 5.11 Å². The number of aliphatic hydroxyl groups excluding tert-OH is 1. The van der Waals surface area contributed by atoms with Crippen LogP contribution in [0.1, 0.15) is 33.6 Å². The van der Waals surface area contributed by atoms with E-state index >= 15 is 0 Å². The monoisotopic (exact) mass is 159 g/mol. The predicted molar refractivity (Wildman–Crippen MR) is 48.7 cm³/mol. The third kappa shape index (κ3) is 2.80. The molecule has 0 radical (unpaired) electrons. The molecule has 0 aromatic rings. The molecule has 0 aliphatic carbocycles. The Morgan fingerprint density at radius 2 is 1.91 bits per heavy atom. The second-order valence-corrected chi connectivity index (χ2v) is 2.93. The van der Waals surface area contributed by atoms with Crippen LogP contribution in [0.2, 0.25) is 0 Å². The van der Waals surface area contributed by atoms with Gasteiger partial charge >= 0.3 is 0 Å². The number of rotatable bonds is 1. The van der Waals surface area contributed by atoms with E-state index in [0.717, 1.165) is 6.42 Å². The fourth-order valence-corrected chi connectivity index (χ4v) is 1.42. The molecule has 2 heteroatoms. The summed E-state index contributed by atoms with van der Waals surface area (Å²) in [5, 5.41) is 8.81. The van der Waals surface area contributed by atoms with E-state index in [-0.39, 0.29) is 0 Å².